The highest BCUT2D eigenvalue weighted by atomic mass is 32.2. The Hall–Kier alpha value is -0.510. The van der Waals surface area contributed by atoms with Crippen LogP contribution >= 0.6 is 11.3 Å². The fourth-order valence-corrected chi connectivity index (χ4v) is 5.05. The Morgan fingerprint density at radius 1 is 1.05 bits per heavy atom. The van der Waals surface area contributed by atoms with Gasteiger partial charge in [0.15, 0.2) is 0 Å². The summed E-state index contributed by atoms with van der Waals surface area (Å²) in [4.78, 5) is 2.33. The van der Waals surface area contributed by atoms with Gasteiger partial charge in [0.2, 0.25) is 0 Å². The first-order valence-electron chi connectivity index (χ1n) is 7.35. The smallest absolute Gasteiger partial charge is 0.282 e. The van der Waals surface area contributed by atoms with Crippen molar-refractivity contribution in [1.82, 2.24) is 18.8 Å². The lowest BCUT2D eigenvalue weighted by Gasteiger charge is -2.37. The van der Waals surface area contributed by atoms with Gasteiger partial charge >= 0.3 is 0 Å². The van der Waals surface area contributed by atoms with Crippen molar-refractivity contribution in [3.63, 3.8) is 0 Å². The third-order valence-electron chi connectivity index (χ3n) is 4.05. The third-order valence-corrected chi connectivity index (χ3v) is 6.81. The molecule has 3 heterocycles. The van der Waals surface area contributed by atoms with Gasteiger partial charge in [0.25, 0.3) is 10.2 Å². The summed E-state index contributed by atoms with van der Waals surface area (Å²) < 4.78 is 28.4. The molecule has 0 atom stereocenters. The van der Waals surface area contributed by atoms with Gasteiger partial charge in [-0.2, -0.15) is 28.4 Å². The van der Waals surface area contributed by atoms with Crippen LogP contribution in [0.25, 0.3) is 0 Å². The van der Waals surface area contributed by atoms with E-state index < -0.39 is 10.2 Å². The van der Waals surface area contributed by atoms with Crippen molar-refractivity contribution in [2.24, 2.45) is 0 Å². The number of nitrogens with zero attached hydrogens (tertiary/aromatic N) is 3. The van der Waals surface area contributed by atoms with E-state index in [1.807, 2.05) is 0 Å². The van der Waals surface area contributed by atoms with Crippen molar-refractivity contribution >= 4 is 21.5 Å². The van der Waals surface area contributed by atoms with E-state index in [2.05, 4.69) is 27.0 Å². The minimum absolute atomic E-state index is 0.581. The fraction of sp³-hybridized carbons (Fsp3) is 0.692. The second kappa shape index (κ2) is 6.72. The van der Waals surface area contributed by atoms with Crippen LogP contribution in [0.15, 0.2) is 16.8 Å². The summed E-state index contributed by atoms with van der Waals surface area (Å²) in [6.07, 6.45) is 0. The van der Waals surface area contributed by atoms with Gasteiger partial charge in [-0.3, -0.25) is 4.90 Å². The van der Waals surface area contributed by atoms with Crippen LogP contribution in [0, 0.1) is 0 Å². The highest BCUT2D eigenvalue weighted by Crippen LogP contribution is 2.15. The maximum absolute atomic E-state index is 12.6. The van der Waals surface area contributed by atoms with Gasteiger partial charge in [0.05, 0.1) is 0 Å². The van der Waals surface area contributed by atoms with E-state index >= 15 is 0 Å². The van der Waals surface area contributed by atoms with Gasteiger partial charge in [0.1, 0.15) is 0 Å². The van der Waals surface area contributed by atoms with Gasteiger partial charge in [0, 0.05) is 58.9 Å². The van der Waals surface area contributed by atoms with Crippen LogP contribution < -0.4 is 5.32 Å². The van der Waals surface area contributed by atoms with Crippen molar-refractivity contribution in [1.29, 1.82) is 0 Å². The predicted molar refractivity (Wildman–Crippen MR) is 84.5 cm³/mol. The molecule has 0 unspecified atom stereocenters. The largest absolute Gasteiger partial charge is 0.314 e. The molecule has 0 aromatic carbocycles. The average molecular weight is 330 g/mol. The molecular weight excluding hydrogens is 308 g/mol. The highest BCUT2D eigenvalue weighted by molar-refractivity contribution is 7.86. The minimum Gasteiger partial charge on any atom is -0.314 e. The molecule has 0 saturated carbocycles. The van der Waals surface area contributed by atoms with Gasteiger partial charge in [-0.1, -0.05) is 0 Å². The molecule has 8 heteroatoms. The zero-order valence-electron chi connectivity index (χ0n) is 12.1. The Bertz CT molecular complexity index is 533. The maximum atomic E-state index is 12.6. The third kappa shape index (κ3) is 3.64. The van der Waals surface area contributed by atoms with Gasteiger partial charge in [-0.05, 0) is 22.4 Å². The van der Waals surface area contributed by atoms with Gasteiger partial charge in [-0.15, -0.1) is 0 Å². The van der Waals surface area contributed by atoms with E-state index in [1.54, 1.807) is 19.9 Å². The zero-order valence-corrected chi connectivity index (χ0v) is 13.7. The Balaban J connectivity index is 1.55. The Kier molecular flexibility index (Phi) is 4.92. The molecule has 1 N–H and O–H groups in total. The van der Waals surface area contributed by atoms with Gasteiger partial charge in [-0.25, -0.2) is 0 Å². The molecule has 3 rings (SSSR count). The lowest BCUT2D eigenvalue weighted by atomic mass is 10.3. The standard InChI is InChI=1S/C13H22N4O2S2/c18-21(19,16-4-2-14-3-5-16)17-8-6-15(7-9-17)11-13-1-10-20-12-13/h1,10,12,14H,2-9,11H2. The molecular formula is C13H22N4O2S2. The van der Waals surface area contributed by atoms with Crippen LogP contribution in [-0.2, 0) is 16.8 Å². The molecule has 0 amide bonds. The van der Waals surface area contributed by atoms with E-state index in [4.69, 9.17) is 0 Å². The normalized spacial score (nSPS) is 23.4. The second-order valence-electron chi connectivity index (χ2n) is 5.46. The predicted octanol–water partition coefficient (Wildman–Crippen LogP) is 0.0157. The molecule has 0 radical (unpaired) electrons. The summed E-state index contributed by atoms with van der Waals surface area (Å²) in [5, 5.41) is 7.43. The Morgan fingerprint density at radius 3 is 2.33 bits per heavy atom. The van der Waals surface area contributed by atoms with Crippen molar-refractivity contribution in [2.45, 2.75) is 6.54 Å². The molecule has 2 fully saturated rings. The van der Waals surface area contributed by atoms with Gasteiger partial charge < -0.3 is 5.32 Å². The van der Waals surface area contributed by atoms with E-state index in [-0.39, 0.29) is 0 Å². The number of hydrogen-bond donors (Lipinski definition) is 1. The number of hydrogen-bond acceptors (Lipinski definition) is 5. The van der Waals surface area contributed by atoms with Crippen LogP contribution in [-0.4, -0.2) is 74.3 Å². The topological polar surface area (TPSA) is 55.9 Å². The molecule has 1 aromatic heterocycles. The van der Waals surface area contributed by atoms with Crippen LogP contribution in [0.1, 0.15) is 5.56 Å². The summed E-state index contributed by atoms with van der Waals surface area (Å²) >= 11 is 1.71. The van der Waals surface area contributed by atoms with Crippen molar-refractivity contribution in [2.75, 3.05) is 52.4 Å². The number of rotatable bonds is 4. The lowest BCUT2D eigenvalue weighted by Crippen LogP contribution is -2.56. The molecule has 6 nitrogen and oxygen atoms in total. The van der Waals surface area contributed by atoms with Crippen LogP contribution in [0.3, 0.4) is 0 Å². The number of thiophene rings is 1. The zero-order chi connectivity index (χ0) is 14.7. The van der Waals surface area contributed by atoms with Crippen LogP contribution in [0.4, 0.5) is 0 Å². The summed E-state index contributed by atoms with van der Waals surface area (Å²) in [5.74, 6) is 0. The summed E-state index contributed by atoms with van der Waals surface area (Å²) in [6.45, 7) is 6.38. The highest BCUT2D eigenvalue weighted by Gasteiger charge is 2.32. The first kappa shape index (κ1) is 15.4. The first-order chi connectivity index (χ1) is 10.2. The van der Waals surface area contributed by atoms with Crippen molar-refractivity contribution < 1.29 is 8.42 Å². The van der Waals surface area contributed by atoms with Crippen molar-refractivity contribution in [3.8, 4) is 0 Å². The molecule has 21 heavy (non-hydrogen) atoms. The molecule has 0 bridgehead atoms. The number of piperazine rings is 2. The second-order valence-corrected chi connectivity index (χ2v) is 8.17. The quantitative estimate of drug-likeness (QED) is 0.845. The monoisotopic (exact) mass is 330 g/mol. The molecule has 2 aliphatic rings. The number of nitrogens with one attached hydrogen (secondary N) is 1. The summed E-state index contributed by atoms with van der Waals surface area (Å²) in [7, 11) is -3.27. The molecule has 118 valence electrons. The van der Waals surface area contributed by atoms with E-state index in [1.165, 1.54) is 5.56 Å². The van der Waals surface area contributed by atoms with Crippen LogP contribution in [0.5, 0.6) is 0 Å². The minimum atomic E-state index is -3.27. The van der Waals surface area contributed by atoms with Crippen molar-refractivity contribution in [3.05, 3.63) is 22.4 Å². The molecule has 1 aromatic rings. The molecule has 2 aliphatic heterocycles. The maximum Gasteiger partial charge on any atom is 0.282 e. The summed E-state index contributed by atoms with van der Waals surface area (Å²) in [6, 6.07) is 2.13. The first-order valence-corrected chi connectivity index (χ1v) is 9.69. The Morgan fingerprint density at radius 2 is 1.71 bits per heavy atom. The molecule has 2 saturated heterocycles. The SMILES string of the molecule is O=S(=O)(N1CCNCC1)N1CCN(Cc2ccsc2)CC1. The van der Waals surface area contributed by atoms with E-state index in [0.29, 0.717) is 26.2 Å². The molecule has 0 spiro atoms. The van der Waals surface area contributed by atoms with Crippen LogP contribution in [0.2, 0.25) is 0 Å². The summed E-state index contributed by atoms with van der Waals surface area (Å²) in [5.41, 5.74) is 1.32. The Labute approximate surface area is 130 Å². The fourth-order valence-electron chi connectivity index (χ4n) is 2.80. The molecule has 0 aliphatic carbocycles. The average Bonchev–Trinajstić information content (AvgIpc) is 3.02. The van der Waals surface area contributed by atoms with E-state index in [9.17, 15) is 8.42 Å². The van der Waals surface area contributed by atoms with E-state index in [0.717, 1.165) is 32.7 Å². The lowest BCUT2D eigenvalue weighted by molar-refractivity contribution is 0.173.